The predicted molar refractivity (Wildman–Crippen MR) is 62.9 cm³/mol. The van der Waals surface area contributed by atoms with Crippen molar-refractivity contribution in [3.63, 3.8) is 0 Å². The lowest BCUT2D eigenvalue weighted by Crippen LogP contribution is -2.48. The molecule has 1 aromatic rings. The molecule has 1 unspecified atom stereocenters. The van der Waals surface area contributed by atoms with Crippen molar-refractivity contribution in [2.75, 3.05) is 0 Å². The Morgan fingerprint density at radius 2 is 1.94 bits per heavy atom. The fourth-order valence-corrected chi connectivity index (χ4v) is 1.45. The average molecular weight is 222 g/mol. The zero-order chi connectivity index (χ0) is 12.2. The number of benzene rings is 1. The molecule has 0 aromatic heterocycles. The molecule has 0 aliphatic rings. The van der Waals surface area contributed by atoms with Crippen LogP contribution >= 0.6 is 0 Å². The van der Waals surface area contributed by atoms with Crippen LogP contribution < -0.4 is 11.5 Å². The van der Waals surface area contributed by atoms with Crippen LogP contribution in [0, 0.1) is 0 Å². The van der Waals surface area contributed by atoms with Gasteiger partial charge in [0.15, 0.2) is 0 Å². The van der Waals surface area contributed by atoms with Crippen molar-refractivity contribution in [1.29, 1.82) is 0 Å². The molecule has 4 nitrogen and oxygen atoms in total. The van der Waals surface area contributed by atoms with Gasteiger partial charge < -0.3 is 16.2 Å². The minimum absolute atomic E-state index is 0.289. The maximum atomic E-state index is 10.7. The van der Waals surface area contributed by atoms with Crippen LogP contribution in [0.5, 0.6) is 0 Å². The third-order valence-electron chi connectivity index (χ3n) is 2.56. The third-order valence-corrected chi connectivity index (χ3v) is 2.56. The molecule has 1 atom stereocenters. The van der Waals surface area contributed by atoms with E-state index in [2.05, 4.69) is 0 Å². The molecule has 1 amide bonds. The van der Waals surface area contributed by atoms with Gasteiger partial charge in [-0.3, -0.25) is 0 Å². The number of hydrogen-bond donors (Lipinski definition) is 2. The van der Waals surface area contributed by atoms with Gasteiger partial charge >= 0.3 is 6.09 Å². The summed E-state index contributed by atoms with van der Waals surface area (Å²) in [5.41, 5.74) is 11.3. The van der Waals surface area contributed by atoms with Gasteiger partial charge in [-0.05, 0) is 25.8 Å². The van der Waals surface area contributed by atoms with Gasteiger partial charge in [0.25, 0.3) is 0 Å². The second kappa shape index (κ2) is 4.99. The first-order valence-corrected chi connectivity index (χ1v) is 5.20. The van der Waals surface area contributed by atoms with E-state index in [-0.39, 0.29) is 6.04 Å². The molecule has 1 rings (SSSR count). The summed E-state index contributed by atoms with van der Waals surface area (Å²) >= 11 is 0. The van der Waals surface area contributed by atoms with Gasteiger partial charge in [-0.2, -0.15) is 0 Å². The summed E-state index contributed by atoms with van der Waals surface area (Å²) in [6, 6.07) is 9.52. The molecule has 0 fully saturated rings. The molecule has 88 valence electrons. The number of ether oxygens (including phenoxy) is 1. The summed E-state index contributed by atoms with van der Waals surface area (Å²) in [5, 5.41) is 0. The molecule has 0 aliphatic heterocycles. The Kier molecular flexibility index (Phi) is 3.90. The highest BCUT2D eigenvalue weighted by Gasteiger charge is 2.29. The average Bonchev–Trinajstić information content (AvgIpc) is 2.17. The first-order chi connectivity index (χ1) is 7.42. The van der Waals surface area contributed by atoms with E-state index in [1.54, 1.807) is 13.8 Å². The number of amides is 1. The topological polar surface area (TPSA) is 78.3 Å². The second-order valence-electron chi connectivity index (χ2n) is 4.32. The van der Waals surface area contributed by atoms with Crippen molar-refractivity contribution in [2.24, 2.45) is 11.5 Å². The van der Waals surface area contributed by atoms with E-state index >= 15 is 0 Å². The van der Waals surface area contributed by atoms with E-state index in [9.17, 15) is 4.79 Å². The number of primary amides is 1. The normalized spacial score (nSPS) is 13.2. The highest BCUT2D eigenvalue weighted by molar-refractivity contribution is 5.65. The molecule has 4 heteroatoms. The lowest BCUT2D eigenvalue weighted by atomic mass is 9.93. The lowest BCUT2D eigenvalue weighted by Gasteiger charge is -2.30. The largest absolute Gasteiger partial charge is 0.442 e. The van der Waals surface area contributed by atoms with Crippen molar-refractivity contribution in [2.45, 2.75) is 31.9 Å². The summed E-state index contributed by atoms with van der Waals surface area (Å²) in [7, 11) is 0. The van der Waals surface area contributed by atoms with Crippen LogP contribution in [0.25, 0.3) is 0 Å². The van der Waals surface area contributed by atoms with Gasteiger partial charge in [-0.15, -0.1) is 0 Å². The first kappa shape index (κ1) is 12.5. The van der Waals surface area contributed by atoms with Gasteiger partial charge in [-0.25, -0.2) is 4.79 Å². The summed E-state index contributed by atoms with van der Waals surface area (Å²) in [5.74, 6) is 0. The summed E-state index contributed by atoms with van der Waals surface area (Å²) < 4.78 is 4.99. The molecule has 1 aromatic carbocycles. The van der Waals surface area contributed by atoms with Crippen LogP contribution in [-0.2, 0) is 11.2 Å². The molecule has 0 saturated carbocycles. The van der Waals surface area contributed by atoms with Crippen LogP contribution in [0.2, 0.25) is 0 Å². The Hall–Kier alpha value is -1.55. The van der Waals surface area contributed by atoms with E-state index in [0.29, 0.717) is 6.42 Å². The van der Waals surface area contributed by atoms with E-state index in [4.69, 9.17) is 16.2 Å². The zero-order valence-electron chi connectivity index (χ0n) is 9.64. The van der Waals surface area contributed by atoms with Gasteiger partial charge in [0.1, 0.15) is 5.60 Å². The van der Waals surface area contributed by atoms with Gasteiger partial charge in [0, 0.05) is 6.04 Å². The molecule has 0 aliphatic carbocycles. The summed E-state index contributed by atoms with van der Waals surface area (Å²) in [4.78, 5) is 10.7. The van der Waals surface area contributed by atoms with Crippen LogP contribution in [-0.4, -0.2) is 17.7 Å². The minimum atomic E-state index is -0.798. The van der Waals surface area contributed by atoms with Crippen LogP contribution in [0.1, 0.15) is 19.4 Å². The molecule has 0 heterocycles. The minimum Gasteiger partial charge on any atom is -0.442 e. The standard InChI is InChI=1S/C12H18N2O2/c1-12(2,16-11(14)15)10(13)8-9-6-4-3-5-7-9/h3-7,10H,8,13H2,1-2H3,(H2,14,15). The highest BCUT2D eigenvalue weighted by Crippen LogP contribution is 2.17. The molecular formula is C12H18N2O2. The van der Waals surface area contributed by atoms with E-state index in [1.807, 2.05) is 30.3 Å². The molecule has 0 spiro atoms. The van der Waals surface area contributed by atoms with Crippen LogP contribution in [0.3, 0.4) is 0 Å². The Morgan fingerprint density at radius 3 is 2.44 bits per heavy atom. The molecule has 0 radical (unpaired) electrons. The first-order valence-electron chi connectivity index (χ1n) is 5.20. The molecule has 0 saturated heterocycles. The van der Waals surface area contributed by atoms with Gasteiger partial charge in [0.2, 0.25) is 0 Å². The monoisotopic (exact) mass is 222 g/mol. The van der Waals surface area contributed by atoms with Gasteiger partial charge in [-0.1, -0.05) is 30.3 Å². The Bertz CT molecular complexity index is 349. The maximum absolute atomic E-state index is 10.7. The second-order valence-corrected chi connectivity index (χ2v) is 4.32. The Balaban J connectivity index is 2.64. The maximum Gasteiger partial charge on any atom is 0.405 e. The SMILES string of the molecule is CC(C)(OC(N)=O)C(N)Cc1ccccc1. The molecule has 4 N–H and O–H groups in total. The number of rotatable bonds is 4. The van der Waals surface area contributed by atoms with E-state index < -0.39 is 11.7 Å². The fourth-order valence-electron chi connectivity index (χ4n) is 1.45. The summed E-state index contributed by atoms with van der Waals surface area (Å²) in [6.07, 6.45) is -0.158. The lowest BCUT2D eigenvalue weighted by molar-refractivity contribution is 0.0256. The number of nitrogens with two attached hydrogens (primary N) is 2. The van der Waals surface area contributed by atoms with Crippen molar-refractivity contribution >= 4 is 6.09 Å². The van der Waals surface area contributed by atoms with Crippen molar-refractivity contribution in [3.05, 3.63) is 35.9 Å². The van der Waals surface area contributed by atoms with E-state index in [0.717, 1.165) is 5.56 Å². The number of carbonyl (C=O) groups excluding carboxylic acids is 1. The number of carbonyl (C=O) groups is 1. The molecule has 16 heavy (non-hydrogen) atoms. The predicted octanol–water partition coefficient (Wildman–Crippen LogP) is 1.43. The Labute approximate surface area is 95.6 Å². The molecule has 0 bridgehead atoms. The number of hydrogen-bond acceptors (Lipinski definition) is 3. The Morgan fingerprint density at radius 1 is 1.38 bits per heavy atom. The van der Waals surface area contributed by atoms with Crippen LogP contribution in [0.15, 0.2) is 30.3 Å². The quantitative estimate of drug-likeness (QED) is 0.808. The molecular weight excluding hydrogens is 204 g/mol. The summed E-state index contributed by atoms with van der Waals surface area (Å²) in [6.45, 7) is 3.51. The van der Waals surface area contributed by atoms with E-state index in [1.165, 1.54) is 0 Å². The van der Waals surface area contributed by atoms with Crippen molar-refractivity contribution in [1.82, 2.24) is 0 Å². The zero-order valence-corrected chi connectivity index (χ0v) is 9.64. The highest BCUT2D eigenvalue weighted by atomic mass is 16.6. The van der Waals surface area contributed by atoms with Crippen molar-refractivity contribution < 1.29 is 9.53 Å². The smallest absolute Gasteiger partial charge is 0.405 e. The van der Waals surface area contributed by atoms with Crippen LogP contribution in [0.4, 0.5) is 4.79 Å². The fraction of sp³-hybridized carbons (Fsp3) is 0.417. The van der Waals surface area contributed by atoms with Gasteiger partial charge in [0.05, 0.1) is 0 Å². The van der Waals surface area contributed by atoms with Crippen molar-refractivity contribution in [3.8, 4) is 0 Å². The third kappa shape index (κ3) is 3.55.